The van der Waals surface area contributed by atoms with E-state index < -0.39 is 0 Å². The minimum absolute atomic E-state index is 0.0407. The van der Waals surface area contributed by atoms with Crippen molar-refractivity contribution in [3.63, 3.8) is 0 Å². The Hall–Kier alpha value is -2.83. The summed E-state index contributed by atoms with van der Waals surface area (Å²) in [5.41, 5.74) is 2.73. The third kappa shape index (κ3) is 5.40. The Morgan fingerprint density at radius 3 is 2.50 bits per heavy atom. The van der Waals surface area contributed by atoms with E-state index >= 15 is 0 Å². The molecule has 0 saturated heterocycles. The first-order valence-corrected chi connectivity index (χ1v) is 10.7. The van der Waals surface area contributed by atoms with Gasteiger partial charge in [0.15, 0.2) is 0 Å². The van der Waals surface area contributed by atoms with Crippen LogP contribution in [0.3, 0.4) is 0 Å². The molecule has 1 aromatic heterocycles. The van der Waals surface area contributed by atoms with Crippen LogP contribution in [-0.4, -0.2) is 48.7 Å². The van der Waals surface area contributed by atoms with E-state index in [1.54, 1.807) is 6.07 Å². The highest BCUT2D eigenvalue weighted by molar-refractivity contribution is 5.94. The summed E-state index contributed by atoms with van der Waals surface area (Å²) in [7, 11) is 3.99. The van der Waals surface area contributed by atoms with Crippen LogP contribution in [0, 0.1) is 13.8 Å². The molecule has 1 aliphatic carbocycles. The average Bonchev–Trinajstić information content (AvgIpc) is 2.72. The molecule has 0 atom stereocenters. The number of hydrogen-bond donors (Lipinski definition) is 2. The summed E-state index contributed by atoms with van der Waals surface area (Å²) < 4.78 is 5.49. The molecule has 7 heteroatoms. The third-order valence-corrected chi connectivity index (χ3v) is 5.59. The molecule has 2 aromatic rings. The zero-order chi connectivity index (χ0) is 21.7. The highest BCUT2D eigenvalue weighted by Crippen LogP contribution is 2.24. The molecule has 162 valence electrons. The van der Waals surface area contributed by atoms with Gasteiger partial charge in [-0.25, -0.2) is 4.98 Å². The fourth-order valence-electron chi connectivity index (χ4n) is 3.84. The smallest absolute Gasteiger partial charge is 0.251 e. The summed E-state index contributed by atoms with van der Waals surface area (Å²) in [6, 6.07) is 7.84. The summed E-state index contributed by atoms with van der Waals surface area (Å²) in [5, 5.41) is 6.66. The van der Waals surface area contributed by atoms with Crippen molar-refractivity contribution in [2.24, 2.45) is 0 Å². The largest absolute Gasteiger partial charge is 0.494 e. The molecular weight excluding hydrogens is 378 g/mol. The van der Waals surface area contributed by atoms with Crippen molar-refractivity contribution in [3.8, 4) is 5.75 Å². The van der Waals surface area contributed by atoms with Crippen LogP contribution in [0.5, 0.6) is 5.75 Å². The molecule has 0 unspecified atom stereocenters. The monoisotopic (exact) mass is 411 g/mol. The Morgan fingerprint density at radius 2 is 1.83 bits per heavy atom. The summed E-state index contributed by atoms with van der Waals surface area (Å²) >= 11 is 0. The van der Waals surface area contributed by atoms with Crippen molar-refractivity contribution in [1.29, 1.82) is 0 Å². The molecule has 1 aliphatic rings. The Morgan fingerprint density at radius 1 is 1.13 bits per heavy atom. The summed E-state index contributed by atoms with van der Waals surface area (Å²) in [6.45, 7) is 6.58. The van der Waals surface area contributed by atoms with Gasteiger partial charge in [0, 0.05) is 43.0 Å². The van der Waals surface area contributed by atoms with Crippen LogP contribution in [0.15, 0.2) is 24.3 Å². The molecule has 30 heavy (non-hydrogen) atoms. The Labute approximate surface area is 179 Å². The number of anilines is 2. The van der Waals surface area contributed by atoms with Crippen molar-refractivity contribution in [2.45, 2.75) is 58.5 Å². The summed E-state index contributed by atoms with van der Waals surface area (Å²) in [4.78, 5) is 23.9. The lowest BCUT2D eigenvalue weighted by molar-refractivity contribution is 0.0926. The molecular formula is C23H33N5O2. The zero-order valence-electron chi connectivity index (χ0n) is 18.7. The second kappa shape index (κ2) is 9.78. The van der Waals surface area contributed by atoms with Gasteiger partial charge in [0.25, 0.3) is 5.91 Å². The van der Waals surface area contributed by atoms with E-state index in [0.717, 1.165) is 48.5 Å². The van der Waals surface area contributed by atoms with Gasteiger partial charge in [0.05, 0.1) is 6.61 Å². The van der Waals surface area contributed by atoms with E-state index in [4.69, 9.17) is 4.74 Å². The number of benzene rings is 1. The molecule has 0 aliphatic heterocycles. The van der Waals surface area contributed by atoms with Crippen molar-refractivity contribution >= 4 is 17.7 Å². The van der Waals surface area contributed by atoms with Crippen LogP contribution >= 0.6 is 0 Å². The lowest BCUT2D eigenvalue weighted by Gasteiger charge is -2.30. The van der Waals surface area contributed by atoms with Crippen LogP contribution < -0.4 is 20.3 Å². The number of amides is 1. The van der Waals surface area contributed by atoms with Gasteiger partial charge in [0.1, 0.15) is 11.6 Å². The maximum atomic E-state index is 12.6. The molecule has 7 nitrogen and oxygen atoms in total. The lowest BCUT2D eigenvalue weighted by Crippen LogP contribution is -2.40. The van der Waals surface area contributed by atoms with Gasteiger partial charge in [-0.05, 0) is 64.7 Å². The number of aryl methyl sites for hydroxylation is 1. The molecule has 1 fully saturated rings. The lowest BCUT2D eigenvalue weighted by atomic mass is 9.91. The van der Waals surface area contributed by atoms with Crippen LogP contribution in [0.4, 0.5) is 11.8 Å². The highest BCUT2D eigenvalue weighted by Gasteiger charge is 2.24. The standard InChI is InChI=1S/C23H33N5O2/c1-6-30-20-9-7-8-17(14-20)22(29)25-18-10-12-19(13-11-18)26-23-24-16(3)15(2)21(27-23)28(4)5/h7-9,14,18-19H,6,10-13H2,1-5H3,(H,25,29)(H,24,26,27)/t18-,19+. The second-order valence-corrected chi connectivity index (χ2v) is 8.10. The number of aromatic nitrogens is 2. The van der Waals surface area contributed by atoms with Crippen LogP contribution in [0.2, 0.25) is 0 Å². The van der Waals surface area contributed by atoms with Crippen LogP contribution in [0.1, 0.15) is 54.2 Å². The van der Waals surface area contributed by atoms with E-state index in [0.29, 0.717) is 24.2 Å². The molecule has 3 rings (SSSR count). The third-order valence-electron chi connectivity index (χ3n) is 5.59. The SMILES string of the molecule is CCOc1cccc(C(=O)N[C@H]2CC[C@@H](Nc3nc(C)c(C)c(N(C)C)n3)CC2)c1. The van der Waals surface area contributed by atoms with Crippen molar-refractivity contribution in [2.75, 3.05) is 30.9 Å². The van der Waals surface area contributed by atoms with Crippen molar-refractivity contribution in [1.82, 2.24) is 15.3 Å². The van der Waals surface area contributed by atoms with Gasteiger partial charge in [-0.1, -0.05) is 6.07 Å². The fraction of sp³-hybridized carbons (Fsp3) is 0.522. The highest BCUT2D eigenvalue weighted by atomic mass is 16.5. The van der Waals surface area contributed by atoms with Crippen molar-refractivity contribution in [3.05, 3.63) is 41.1 Å². The molecule has 1 heterocycles. The average molecular weight is 412 g/mol. The van der Waals surface area contributed by atoms with Crippen molar-refractivity contribution < 1.29 is 9.53 Å². The number of ether oxygens (including phenoxy) is 1. The van der Waals surface area contributed by atoms with Gasteiger partial charge < -0.3 is 20.3 Å². The molecule has 1 saturated carbocycles. The summed E-state index contributed by atoms with van der Waals surface area (Å²) in [6.07, 6.45) is 3.80. The maximum absolute atomic E-state index is 12.6. The first-order chi connectivity index (χ1) is 14.4. The number of nitrogens with one attached hydrogen (secondary N) is 2. The van der Waals surface area contributed by atoms with Gasteiger partial charge >= 0.3 is 0 Å². The van der Waals surface area contributed by atoms with Gasteiger partial charge in [0.2, 0.25) is 5.95 Å². The zero-order valence-corrected chi connectivity index (χ0v) is 18.7. The fourth-order valence-corrected chi connectivity index (χ4v) is 3.84. The number of carbonyl (C=O) groups excluding carboxylic acids is 1. The van der Waals surface area contributed by atoms with E-state index in [1.165, 1.54) is 0 Å². The molecule has 0 bridgehead atoms. The normalized spacial score (nSPS) is 18.6. The second-order valence-electron chi connectivity index (χ2n) is 8.10. The molecule has 1 amide bonds. The maximum Gasteiger partial charge on any atom is 0.251 e. The van der Waals surface area contributed by atoms with E-state index in [-0.39, 0.29) is 11.9 Å². The predicted molar refractivity (Wildman–Crippen MR) is 121 cm³/mol. The Balaban J connectivity index is 1.54. The predicted octanol–water partition coefficient (Wildman–Crippen LogP) is 3.71. The summed E-state index contributed by atoms with van der Waals surface area (Å²) in [5.74, 6) is 2.31. The van der Waals surface area contributed by atoms with Gasteiger partial charge in [-0.15, -0.1) is 0 Å². The van der Waals surface area contributed by atoms with Gasteiger partial charge in [-0.3, -0.25) is 4.79 Å². The van der Waals surface area contributed by atoms with E-state index in [9.17, 15) is 4.79 Å². The molecule has 0 spiro atoms. The Kier molecular flexibility index (Phi) is 7.13. The molecule has 0 radical (unpaired) electrons. The van der Waals surface area contributed by atoms with E-state index in [2.05, 4.69) is 20.6 Å². The number of hydrogen-bond acceptors (Lipinski definition) is 6. The number of carbonyl (C=O) groups is 1. The minimum Gasteiger partial charge on any atom is -0.494 e. The quantitative estimate of drug-likeness (QED) is 0.723. The van der Waals surface area contributed by atoms with Gasteiger partial charge in [-0.2, -0.15) is 4.98 Å². The van der Waals surface area contributed by atoms with Crippen LogP contribution in [0.25, 0.3) is 0 Å². The first-order valence-electron chi connectivity index (χ1n) is 10.7. The van der Waals surface area contributed by atoms with Crippen LogP contribution in [-0.2, 0) is 0 Å². The minimum atomic E-state index is -0.0407. The number of nitrogens with zero attached hydrogens (tertiary/aromatic N) is 3. The first kappa shape index (κ1) is 21.9. The molecule has 2 N–H and O–H groups in total. The topological polar surface area (TPSA) is 79.4 Å². The number of rotatable bonds is 7. The molecule has 1 aromatic carbocycles. The Bertz CT molecular complexity index is 876. The van der Waals surface area contributed by atoms with E-state index in [1.807, 2.05) is 58.0 Å².